The predicted octanol–water partition coefficient (Wildman–Crippen LogP) is 7.59. The van der Waals surface area contributed by atoms with Crippen LogP contribution in [0.3, 0.4) is 0 Å². The van der Waals surface area contributed by atoms with E-state index in [0.29, 0.717) is 11.6 Å². The Morgan fingerprint density at radius 3 is 2.27 bits per heavy atom. The summed E-state index contributed by atoms with van der Waals surface area (Å²) in [5, 5.41) is 8.04. The Hall–Kier alpha value is -3.41. The second-order valence-corrected chi connectivity index (χ2v) is 9.99. The van der Waals surface area contributed by atoms with Crippen LogP contribution in [0.1, 0.15) is 23.5 Å². The molecule has 1 aliphatic heterocycles. The summed E-state index contributed by atoms with van der Waals surface area (Å²) in [7, 11) is 0. The van der Waals surface area contributed by atoms with Gasteiger partial charge in [0.25, 0.3) is 0 Å². The number of amides is 1. The van der Waals surface area contributed by atoms with Crippen molar-refractivity contribution in [3.63, 3.8) is 0 Å². The minimum Gasteiger partial charge on any atom is -0.302 e. The van der Waals surface area contributed by atoms with E-state index in [1.807, 2.05) is 23.6 Å². The Bertz CT molecular complexity index is 1440. The zero-order valence-corrected chi connectivity index (χ0v) is 19.3. The fourth-order valence-electron chi connectivity index (χ4n) is 4.49. The molecule has 0 fully saturated rings. The topological polar surface area (TPSA) is 42.0 Å². The molecule has 0 atom stereocenters. The quantitative estimate of drug-likeness (QED) is 0.298. The van der Waals surface area contributed by atoms with Gasteiger partial charge in [0.1, 0.15) is 0 Å². The predicted molar refractivity (Wildman–Crippen MR) is 137 cm³/mol. The first-order valence-corrected chi connectivity index (χ1v) is 12.5. The summed E-state index contributed by atoms with van der Waals surface area (Å²) in [5.41, 5.74) is 4.40. The second-order valence-electron chi connectivity index (χ2n) is 8.05. The fourth-order valence-corrected chi connectivity index (χ4v) is 6.40. The molecule has 0 aliphatic carbocycles. The molecule has 0 bridgehead atoms. The van der Waals surface area contributed by atoms with Gasteiger partial charge in [-0.2, -0.15) is 0 Å². The summed E-state index contributed by atoms with van der Waals surface area (Å²) >= 11 is 3.24. The minimum absolute atomic E-state index is 0.0182. The molecule has 3 nitrogen and oxygen atoms in total. The van der Waals surface area contributed by atoms with Crippen molar-refractivity contribution in [1.82, 2.24) is 4.98 Å². The molecule has 2 heterocycles. The molecule has 0 radical (unpaired) electrons. The standard InChI is InChI=1S/C28H20N2OS2/c31-27(16-23-21-11-3-5-14-25(21)33-26-15-6-4-12-22(23)26)30-28-29-24(17-32-28)20-13-7-9-18-8-1-2-10-19(18)20/h1-15,17,23H,16H2,(H,29,30,31). The molecule has 160 valence electrons. The van der Waals surface area contributed by atoms with Gasteiger partial charge in [0.2, 0.25) is 5.91 Å². The molecular weight excluding hydrogens is 444 g/mol. The lowest BCUT2D eigenvalue weighted by molar-refractivity contribution is -0.116. The lowest BCUT2D eigenvalue weighted by Crippen LogP contribution is -2.18. The summed E-state index contributed by atoms with van der Waals surface area (Å²) in [6.07, 6.45) is 0.387. The van der Waals surface area contributed by atoms with Crippen LogP contribution >= 0.6 is 23.1 Å². The van der Waals surface area contributed by atoms with Crippen molar-refractivity contribution in [2.24, 2.45) is 0 Å². The van der Waals surface area contributed by atoms with Crippen molar-refractivity contribution in [3.8, 4) is 11.3 Å². The molecule has 4 aromatic carbocycles. The lowest BCUT2D eigenvalue weighted by atomic mass is 9.87. The van der Waals surface area contributed by atoms with E-state index in [0.717, 1.165) is 16.6 Å². The van der Waals surface area contributed by atoms with Gasteiger partial charge in [-0.3, -0.25) is 4.79 Å². The summed E-state index contributed by atoms with van der Waals surface area (Å²) in [6, 6.07) is 31.3. The maximum atomic E-state index is 13.1. The van der Waals surface area contributed by atoms with Gasteiger partial charge in [-0.25, -0.2) is 4.98 Å². The highest BCUT2D eigenvalue weighted by Gasteiger charge is 2.28. The summed E-state index contributed by atoms with van der Waals surface area (Å²) in [5.74, 6) is 0.0199. The van der Waals surface area contributed by atoms with E-state index >= 15 is 0 Å². The number of benzene rings is 4. The third kappa shape index (κ3) is 3.84. The zero-order chi connectivity index (χ0) is 22.2. The number of thiazole rings is 1. The van der Waals surface area contributed by atoms with E-state index < -0.39 is 0 Å². The maximum absolute atomic E-state index is 13.1. The number of anilines is 1. The molecule has 1 N–H and O–H groups in total. The number of fused-ring (bicyclic) bond motifs is 3. The average molecular weight is 465 g/mol. The number of rotatable bonds is 4. The van der Waals surface area contributed by atoms with E-state index in [2.05, 4.69) is 78.1 Å². The van der Waals surface area contributed by atoms with Crippen LogP contribution in [0.2, 0.25) is 0 Å². The first-order valence-electron chi connectivity index (χ1n) is 10.9. The van der Waals surface area contributed by atoms with Crippen molar-refractivity contribution in [2.45, 2.75) is 22.1 Å². The number of carbonyl (C=O) groups is 1. The number of aromatic nitrogens is 1. The van der Waals surface area contributed by atoms with Crippen LogP contribution in [0.5, 0.6) is 0 Å². The number of hydrogen-bond acceptors (Lipinski definition) is 4. The van der Waals surface area contributed by atoms with E-state index in [1.165, 1.54) is 37.6 Å². The maximum Gasteiger partial charge on any atom is 0.227 e. The monoisotopic (exact) mass is 464 g/mol. The van der Waals surface area contributed by atoms with E-state index in [-0.39, 0.29) is 11.8 Å². The Balaban J connectivity index is 1.26. The van der Waals surface area contributed by atoms with Crippen LogP contribution in [0.25, 0.3) is 22.0 Å². The minimum atomic E-state index is -0.0182. The lowest BCUT2D eigenvalue weighted by Gasteiger charge is -2.27. The molecule has 1 aliphatic rings. The Labute approximate surface area is 200 Å². The van der Waals surface area contributed by atoms with Crippen LogP contribution in [0.4, 0.5) is 5.13 Å². The molecule has 0 saturated carbocycles. The van der Waals surface area contributed by atoms with Crippen LogP contribution < -0.4 is 5.32 Å². The van der Waals surface area contributed by atoms with Crippen molar-refractivity contribution < 1.29 is 4.79 Å². The van der Waals surface area contributed by atoms with Crippen LogP contribution in [0, 0.1) is 0 Å². The molecule has 6 rings (SSSR count). The summed E-state index contributed by atoms with van der Waals surface area (Å²) in [4.78, 5) is 20.3. The molecule has 5 heteroatoms. The van der Waals surface area contributed by atoms with E-state index in [9.17, 15) is 4.79 Å². The van der Waals surface area contributed by atoms with Crippen molar-refractivity contribution in [3.05, 3.63) is 108 Å². The largest absolute Gasteiger partial charge is 0.302 e. The normalized spacial score (nSPS) is 12.8. The first kappa shape index (κ1) is 20.2. The molecule has 1 aromatic heterocycles. The number of hydrogen-bond donors (Lipinski definition) is 1. The Morgan fingerprint density at radius 2 is 1.48 bits per heavy atom. The van der Waals surface area contributed by atoms with Gasteiger partial charge in [0.05, 0.1) is 5.69 Å². The van der Waals surface area contributed by atoms with Gasteiger partial charge in [0, 0.05) is 33.1 Å². The van der Waals surface area contributed by atoms with Crippen molar-refractivity contribution in [1.29, 1.82) is 0 Å². The molecule has 0 spiro atoms. The highest BCUT2D eigenvalue weighted by Crippen LogP contribution is 2.47. The second kappa shape index (κ2) is 8.50. The highest BCUT2D eigenvalue weighted by atomic mass is 32.2. The number of nitrogens with zero attached hydrogens (tertiary/aromatic N) is 1. The fraction of sp³-hybridized carbons (Fsp3) is 0.0714. The smallest absolute Gasteiger partial charge is 0.227 e. The third-order valence-corrected chi connectivity index (χ3v) is 7.96. The molecular formula is C28H20N2OS2. The summed E-state index contributed by atoms with van der Waals surface area (Å²) in [6.45, 7) is 0. The number of nitrogens with one attached hydrogen (secondary N) is 1. The zero-order valence-electron chi connectivity index (χ0n) is 17.7. The van der Waals surface area contributed by atoms with Gasteiger partial charge in [-0.1, -0.05) is 90.6 Å². The summed E-state index contributed by atoms with van der Waals surface area (Å²) < 4.78 is 0. The van der Waals surface area contributed by atoms with Crippen molar-refractivity contribution in [2.75, 3.05) is 5.32 Å². The first-order chi connectivity index (χ1) is 16.3. The molecule has 33 heavy (non-hydrogen) atoms. The van der Waals surface area contributed by atoms with Gasteiger partial charge in [-0.05, 0) is 34.0 Å². The average Bonchev–Trinajstić information content (AvgIpc) is 3.31. The van der Waals surface area contributed by atoms with E-state index in [1.54, 1.807) is 11.8 Å². The van der Waals surface area contributed by atoms with E-state index in [4.69, 9.17) is 4.98 Å². The SMILES string of the molecule is O=C(CC1c2ccccc2Sc2ccccc21)Nc1nc(-c2cccc3ccccc23)cs1. The third-order valence-electron chi connectivity index (χ3n) is 6.01. The molecule has 1 amide bonds. The van der Waals surface area contributed by atoms with Crippen LogP contribution in [-0.2, 0) is 4.79 Å². The van der Waals surface area contributed by atoms with Crippen molar-refractivity contribution >= 4 is 44.9 Å². The number of carbonyl (C=O) groups excluding carboxylic acids is 1. The van der Waals surface area contributed by atoms with Gasteiger partial charge in [-0.15, -0.1) is 11.3 Å². The Morgan fingerprint density at radius 1 is 0.818 bits per heavy atom. The van der Waals surface area contributed by atoms with Gasteiger partial charge >= 0.3 is 0 Å². The highest BCUT2D eigenvalue weighted by molar-refractivity contribution is 7.99. The van der Waals surface area contributed by atoms with Crippen LogP contribution in [0.15, 0.2) is 106 Å². The van der Waals surface area contributed by atoms with Gasteiger partial charge in [0.15, 0.2) is 5.13 Å². The van der Waals surface area contributed by atoms with Crippen LogP contribution in [-0.4, -0.2) is 10.9 Å². The molecule has 0 unspecified atom stereocenters. The molecule has 5 aromatic rings. The Kier molecular flexibility index (Phi) is 5.21. The molecule has 0 saturated heterocycles. The van der Waals surface area contributed by atoms with Gasteiger partial charge < -0.3 is 5.32 Å².